The maximum Gasteiger partial charge on any atom is 0.410 e. The van der Waals surface area contributed by atoms with E-state index >= 15 is 4.39 Å². The zero-order chi connectivity index (χ0) is 29.6. The van der Waals surface area contributed by atoms with Crippen LogP contribution >= 0.6 is 0 Å². The summed E-state index contributed by atoms with van der Waals surface area (Å²) < 4.78 is 23.7. The highest BCUT2D eigenvalue weighted by Crippen LogP contribution is 2.42. The van der Waals surface area contributed by atoms with Crippen LogP contribution in [0.2, 0.25) is 0 Å². The van der Waals surface area contributed by atoms with E-state index in [0.29, 0.717) is 57.4 Å². The quantitative estimate of drug-likeness (QED) is 0.487. The smallest absolute Gasteiger partial charge is 0.410 e. The number of hydrogen-bond donors (Lipinski definition) is 1. The molecule has 0 spiro atoms. The molecule has 42 heavy (non-hydrogen) atoms. The summed E-state index contributed by atoms with van der Waals surface area (Å²) in [6.45, 7) is 8.82. The molecular weight excluding hydrogens is 537 g/mol. The maximum absolute atomic E-state index is 15.9. The number of nitrogens with one attached hydrogen (secondary N) is 1. The Morgan fingerprint density at radius 2 is 1.76 bits per heavy atom. The molecule has 0 bridgehead atoms. The average Bonchev–Trinajstić information content (AvgIpc) is 3.25. The van der Waals surface area contributed by atoms with Crippen molar-refractivity contribution in [3.63, 3.8) is 0 Å². The molecule has 1 N–H and O–H groups in total. The first-order valence-electron chi connectivity index (χ1n) is 15.6. The van der Waals surface area contributed by atoms with Crippen LogP contribution in [0.3, 0.4) is 0 Å². The van der Waals surface area contributed by atoms with Gasteiger partial charge in [-0.25, -0.2) is 14.0 Å². The summed E-state index contributed by atoms with van der Waals surface area (Å²) in [5.41, 5.74) is 1.48. The minimum Gasteiger partial charge on any atom is -0.444 e. The number of carbonyl (C=O) groups excluding carboxylic acids is 3. The van der Waals surface area contributed by atoms with Crippen molar-refractivity contribution in [2.24, 2.45) is 0 Å². The van der Waals surface area contributed by atoms with Gasteiger partial charge in [0.1, 0.15) is 11.3 Å². The summed E-state index contributed by atoms with van der Waals surface area (Å²) in [6, 6.07) is 6.36. The first kappa shape index (κ1) is 29.0. The molecule has 10 heteroatoms. The van der Waals surface area contributed by atoms with Crippen LogP contribution in [0.4, 0.5) is 19.7 Å². The van der Waals surface area contributed by atoms with Crippen LogP contribution in [-0.4, -0.2) is 82.9 Å². The van der Waals surface area contributed by atoms with Crippen LogP contribution < -0.4 is 10.2 Å². The molecule has 3 saturated heterocycles. The average molecular weight is 582 g/mol. The second kappa shape index (κ2) is 11.2. The molecule has 0 atom stereocenters. The largest absolute Gasteiger partial charge is 0.444 e. The normalized spacial score (nSPS) is 22.8. The Morgan fingerprint density at radius 3 is 2.38 bits per heavy atom. The van der Waals surface area contributed by atoms with Crippen molar-refractivity contribution < 1.29 is 23.5 Å². The number of benzene rings is 1. The summed E-state index contributed by atoms with van der Waals surface area (Å²) in [5, 5.41) is 3.66. The van der Waals surface area contributed by atoms with Crippen LogP contribution in [0.5, 0.6) is 0 Å². The van der Waals surface area contributed by atoms with Gasteiger partial charge in [0.05, 0.1) is 5.52 Å². The lowest BCUT2D eigenvalue weighted by atomic mass is 9.87. The van der Waals surface area contributed by atoms with E-state index in [1.165, 1.54) is 17.4 Å². The second-order valence-corrected chi connectivity index (χ2v) is 13.7. The molecule has 4 fully saturated rings. The molecule has 4 amide bonds. The van der Waals surface area contributed by atoms with E-state index in [-0.39, 0.29) is 18.0 Å². The lowest BCUT2D eigenvalue weighted by Gasteiger charge is -2.41. The van der Waals surface area contributed by atoms with Gasteiger partial charge in [-0.3, -0.25) is 15.0 Å². The van der Waals surface area contributed by atoms with Crippen molar-refractivity contribution in [2.45, 2.75) is 95.4 Å². The van der Waals surface area contributed by atoms with Crippen molar-refractivity contribution >= 4 is 34.6 Å². The van der Waals surface area contributed by atoms with Crippen molar-refractivity contribution in [1.29, 1.82) is 0 Å². The Hall–Kier alpha value is -3.14. The van der Waals surface area contributed by atoms with E-state index < -0.39 is 11.3 Å². The molecule has 3 aliphatic heterocycles. The van der Waals surface area contributed by atoms with Gasteiger partial charge in [-0.1, -0.05) is 6.07 Å². The van der Waals surface area contributed by atoms with Gasteiger partial charge >= 0.3 is 12.1 Å². The van der Waals surface area contributed by atoms with E-state index in [2.05, 4.69) is 33.1 Å². The predicted molar refractivity (Wildman–Crippen MR) is 160 cm³/mol. The fraction of sp³-hybridized carbons (Fsp3) is 0.656. The number of alkyl halides is 1. The summed E-state index contributed by atoms with van der Waals surface area (Å²) in [6.07, 6.45) is 8.47. The Balaban J connectivity index is 1.11. The topological polar surface area (TPSA) is 87.1 Å². The van der Waals surface area contributed by atoms with Gasteiger partial charge in [0.25, 0.3) is 0 Å². The van der Waals surface area contributed by atoms with E-state index in [0.717, 1.165) is 50.0 Å². The second-order valence-electron chi connectivity index (χ2n) is 13.7. The molecule has 4 aliphatic rings. The number of hydrogen-bond acceptors (Lipinski definition) is 5. The molecule has 4 heterocycles. The van der Waals surface area contributed by atoms with Crippen molar-refractivity contribution in [2.75, 3.05) is 44.2 Å². The third kappa shape index (κ3) is 6.00. The maximum atomic E-state index is 15.9. The lowest BCUT2D eigenvalue weighted by Crippen LogP contribution is -2.51. The highest BCUT2D eigenvalue weighted by Gasteiger charge is 2.39. The molecule has 1 aliphatic carbocycles. The van der Waals surface area contributed by atoms with Crippen LogP contribution in [0, 0.1) is 0 Å². The number of urea groups is 1. The zero-order valence-electron chi connectivity index (χ0n) is 25.2. The van der Waals surface area contributed by atoms with E-state index in [4.69, 9.17) is 4.74 Å². The molecular formula is C32H44FN5O4. The number of anilines is 1. The number of aromatic nitrogens is 1. The van der Waals surface area contributed by atoms with E-state index in [9.17, 15) is 14.4 Å². The standard InChI is InChI=1S/C32H44FN5O4/c1-31(2,3)42-30(41)36-17-12-32(33,13-18-36)21-35-14-9-22(10-15-35)26-20-38(23-5-4-6-23)27-19-24(7-8-25(26)27)37-16-11-28(39)34-29(37)40/h7-8,19-20,22-23H,4-6,9-18,21H2,1-3H3,(H,34,39,40). The fourth-order valence-electron chi connectivity index (χ4n) is 6.91. The molecule has 1 aromatic carbocycles. The van der Waals surface area contributed by atoms with Gasteiger partial charge in [0.15, 0.2) is 0 Å². The molecule has 0 unspecified atom stereocenters. The number of carbonyl (C=O) groups is 3. The number of ether oxygens (including phenoxy) is 1. The zero-order valence-corrected chi connectivity index (χ0v) is 25.2. The van der Waals surface area contributed by atoms with Crippen LogP contribution in [-0.2, 0) is 9.53 Å². The van der Waals surface area contributed by atoms with Crippen LogP contribution in [0.25, 0.3) is 10.9 Å². The third-order valence-electron chi connectivity index (χ3n) is 9.53. The van der Waals surface area contributed by atoms with Crippen molar-refractivity contribution in [3.8, 4) is 0 Å². The minimum absolute atomic E-state index is 0.228. The van der Waals surface area contributed by atoms with Gasteiger partial charge in [0, 0.05) is 68.8 Å². The minimum atomic E-state index is -1.28. The molecule has 1 aromatic heterocycles. The summed E-state index contributed by atoms with van der Waals surface area (Å²) >= 11 is 0. The summed E-state index contributed by atoms with van der Waals surface area (Å²) in [5.74, 6) is 0.171. The first-order valence-corrected chi connectivity index (χ1v) is 15.6. The van der Waals surface area contributed by atoms with Gasteiger partial charge in [-0.15, -0.1) is 0 Å². The highest BCUT2D eigenvalue weighted by atomic mass is 19.1. The SMILES string of the molecule is CC(C)(C)OC(=O)N1CCC(F)(CN2CCC(c3cn(C4CCC4)c4cc(N5CCC(=O)NC5=O)ccc34)CC2)CC1. The molecule has 9 nitrogen and oxygen atoms in total. The Morgan fingerprint density at radius 1 is 1.05 bits per heavy atom. The van der Waals surface area contributed by atoms with Crippen LogP contribution in [0.15, 0.2) is 24.4 Å². The molecule has 6 rings (SSSR count). The van der Waals surface area contributed by atoms with E-state index in [1.54, 1.807) is 9.80 Å². The molecule has 1 saturated carbocycles. The third-order valence-corrected chi connectivity index (χ3v) is 9.53. The van der Waals surface area contributed by atoms with Gasteiger partial charge in [-0.2, -0.15) is 0 Å². The molecule has 2 aromatic rings. The number of imide groups is 1. The first-order chi connectivity index (χ1) is 20.0. The van der Waals surface area contributed by atoms with Gasteiger partial charge in [-0.05, 0) is 89.6 Å². The highest BCUT2D eigenvalue weighted by molar-refractivity contribution is 6.06. The van der Waals surface area contributed by atoms with E-state index in [1.807, 2.05) is 26.8 Å². The molecule has 228 valence electrons. The Kier molecular flexibility index (Phi) is 7.70. The lowest BCUT2D eigenvalue weighted by molar-refractivity contribution is -0.120. The van der Waals surface area contributed by atoms with Crippen LogP contribution in [0.1, 0.15) is 89.7 Å². The monoisotopic (exact) mass is 581 g/mol. The number of rotatable bonds is 5. The number of likely N-dealkylation sites (tertiary alicyclic amines) is 2. The Labute approximate surface area is 247 Å². The molecule has 0 radical (unpaired) electrons. The summed E-state index contributed by atoms with van der Waals surface area (Å²) in [7, 11) is 0. The van der Waals surface area contributed by atoms with Gasteiger partial charge < -0.3 is 19.1 Å². The number of halogens is 1. The number of nitrogens with zero attached hydrogens (tertiary/aromatic N) is 4. The Bertz CT molecular complexity index is 1350. The number of fused-ring (bicyclic) bond motifs is 1. The van der Waals surface area contributed by atoms with Gasteiger partial charge in [0.2, 0.25) is 5.91 Å². The fourth-order valence-corrected chi connectivity index (χ4v) is 6.91. The number of piperidine rings is 2. The summed E-state index contributed by atoms with van der Waals surface area (Å²) in [4.78, 5) is 42.1. The van der Waals surface area contributed by atoms with Crippen molar-refractivity contribution in [3.05, 3.63) is 30.0 Å². The number of amides is 4. The van der Waals surface area contributed by atoms with Crippen molar-refractivity contribution in [1.82, 2.24) is 19.7 Å². The predicted octanol–water partition coefficient (Wildman–Crippen LogP) is 5.73.